The van der Waals surface area contributed by atoms with E-state index in [2.05, 4.69) is 4.99 Å². The normalized spacial score (nSPS) is 10.2. The van der Waals surface area contributed by atoms with E-state index in [0.29, 0.717) is 13.2 Å². The lowest BCUT2D eigenvalue weighted by molar-refractivity contribution is 0.105. The molecule has 0 amide bonds. The van der Waals surface area contributed by atoms with E-state index in [0.717, 1.165) is 24.7 Å². The first-order chi connectivity index (χ1) is 8.61. The molecular weight excluding hydrogens is 230 g/mol. The van der Waals surface area contributed by atoms with Crippen LogP contribution in [0.15, 0.2) is 27.8 Å². The van der Waals surface area contributed by atoms with Gasteiger partial charge < -0.3 is 19.0 Å². The number of nitrogens with zero attached hydrogens (tertiary/aromatic N) is 3. The summed E-state index contributed by atoms with van der Waals surface area (Å²) in [5.74, 6) is 1.84. The van der Waals surface area contributed by atoms with Crippen molar-refractivity contribution in [1.82, 2.24) is 9.80 Å². The molecule has 0 unspecified atom stereocenters. The predicted molar refractivity (Wildman–Crippen MR) is 72.7 cm³/mol. The van der Waals surface area contributed by atoms with Crippen molar-refractivity contribution in [3.8, 4) is 0 Å². The third-order valence-electron chi connectivity index (χ3n) is 2.32. The number of hydrogen-bond acceptors (Lipinski definition) is 3. The van der Waals surface area contributed by atoms with Crippen LogP contribution in [0.2, 0.25) is 0 Å². The molecule has 102 valence electrons. The Kier molecular flexibility index (Phi) is 6.28. The molecule has 0 aliphatic heterocycles. The quantitative estimate of drug-likeness (QED) is 0.439. The van der Waals surface area contributed by atoms with Gasteiger partial charge in [-0.3, -0.25) is 4.99 Å². The number of hydrogen-bond donors (Lipinski definition) is 0. The van der Waals surface area contributed by atoms with Crippen LogP contribution in [-0.4, -0.2) is 57.1 Å². The van der Waals surface area contributed by atoms with Crippen molar-refractivity contribution in [3.05, 3.63) is 24.2 Å². The van der Waals surface area contributed by atoms with Gasteiger partial charge in [0, 0.05) is 41.3 Å². The topological polar surface area (TPSA) is 41.2 Å². The average Bonchev–Trinajstić information content (AvgIpc) is 2.79. The van der Waals surface area contributed by atoms with E-state index in [1.165, 1.54) is 0 Å². The molecule has 18 heavy (non-hydrogen) atoms. The van der Waals surface area contributed by atoms with Crippen LogP contribution < -0.4 is 0 Å². The number of aliphatic imine (C=N–C) groups is 1. The van der Waals surface area contributed by atoms with Crippen molar-refractivity contribution in [2.45, 2.75) is 13.0 Å². The van der Waals surface area contributed by atoms with Crippen LogP contribution in [0.4, 0.5) is 0 Å². The maximum atomic E-state index is 5.49. The van der Waals surface area contributed by atoms with Gasteiger partial charge in [0.25, 0.3) is 0 Å². The predicted octanol–water partition coefficient (Wildman–Crippen LogP) is 1.67. The highest BCUT2D eigenvalue weighted by Crippen LogP contribution is 2.02. The second-order valence-electron chi connectivity index (χ2n) is 4.46. The third-order valence-corrected chi connectivity index (χ3v) is 2.32. The lowest BCUT2D eigenvalue weighted by Crippen LogP contribution is -2.35. The first-order valence-corrected chi connectivity index (χ1v) is 6.10. The standard InChI is InChI=1S/C13H23N3O2/c1-15(2)13(16(3)4)14-8-6-9-17-11-12-7-5-10-18-12/h5,7,10H,6,8-9,11H2,1-4H3. The van der Waals surface area contributed by atoms with Crippen LogP contribution in [0, 0.1) is 0 Å². The Morgan fingerprint density at radius 2 is 2.00 bits per heavy atom. The number of guanidine groups is 1. The molecule has 1 rings (SSSR count). The highest BCUT2D eigenvalue weighted by molar-refractivity contribution is 5.79. The Morgan fingerprint density at radius 3 is 2.56 bits per heavy atom. The average molecular weight is 253 g/mol. The van der Waals surface area contributed by atoms with Crippen LogP contribution in [0.5, 0.6) is 0 Å². The van der Waals surface area contributed by atoms with Gasteiger partial charge in [0.15, 0.2) is 5.96 Å². The molecule has 0 aliphatic carbocycles. The van der Waals surface area contributed by atoms with Gasteiger partial charge in [-0.2, -0.15) is 0 Å². The van der Waals surface area contributed by atoms with E-state index in [1.54, 1.807) is 6.26 Å². The zero-order valence-electron chi connectivity index (χ0n) is 11.7. The Balaban J connectivity index is 2.15. The molecule has 0 aromatic carbocycles. The molecule has 5 heteroatoms. The monoisotopic (exact) mass is 253 g/mol. The molecule has 1 aromatic rings. The van der Waals surface area contributed by atoms with Crippen molar-refractivity contribution < 1.29 is 9.15 Å². The first kappa shape index (κ1) is 14.6. The highest BCUT2D eigenvalue weighted by Gasteiger charge is 2.02. The maximum absolute atomic E-state index is 5.49. The minimum atomic E-state index is 0.533. The largest absolute Gasteiger partial charge is 0.467 e. The van der Waals surface area contributed by atoms with Crippen molar-refractivity contribution in [1.29, 1.82) is 0 Å². The molecule has 0 saturated heterocycles. The number of ether oxygens (including phenoxy) is 1. The van der Waals surface area contributed by atoms with E-state index in [9.17, 15) is 0 Å². The van der Waals surface area contributed by atoms with Gasteiger partial charge >= 0.3 is 0 Å². The van der Waals surface area contributed by atoms with Crippen LogP contribution in [-0.2, 0) is 11.3 Å². The van der Waals surface area contributed by atoms with Gasteiger partial charge in [0.1, 0.15) is 12.4 Å². The van der Waals surface area contributed by atoms with Crippen molar-refractivity contribution in [3.63, 3.8) is 0 Å². The van der Waals surface area contributed by atoms with Gasteiger partial charge in [-0.05, 0) is 18.6 Å². The molecule has 0 saturated carbocycles. The van der Waals surface area contributed by atoms with E-state index in [-0.39, 0.29) is 0 Å². The second-order valence-corrected chi connectivity index (χ2v) is 4.46. The molecular formula is C13H23N3O2. The van der Waals surface area contributed by atoms with Gasteiger partial charge in [0.2, 0.25) is 0 Å². The summed E-state index contributed by atoms with van der Waals surface area (Å²) < 4.78 is 10.7. The summed E-state index contributed by atoms with van der Waals surface area (Å²) in [6.45, 7) is 1.99. The molecule has 0 spiro atoms. The van der Waals surface area contributed by atoms with Crippen LogP contribution in [0.1, 0.15) is 12.2 Å². The Labute approximate surface area is 109 Å². The summed E-state index contributed by atoms with van der Waals surface area (Å²) in [5.41, 5.74) is 0. The minimum absolute atomic E-state index is 0.533. The summed E-state index contributed by atoms with van der Waals surface area (Å²) in [4.78, 5) is 8.53. The smallest absolute Gasteiger partial charge is 0.195 e. The minimum Gasteiger partial charge on any atom is -0.467 e. The van der Waals surface area contributed by atoms with Gasteiger partial charge in [-0.15, -0.1) is 0 Å². The molecule has 1 aromatic heterocycles. The van der Waals surface area contributed by atoms with Gasteiger partial charge in [0.05, 0.1) is 6.26 Å². The van der Waals surface area contributed by atoms with E-state index >= 15 is 0 Å². The molecule has 0 fully saturated rings. The lowest BCUT2D eigenvalue weighted by Gasteiger charge is -2.22. The fraction of sp³-hybridized carbons (Fsp3) is 0.615. The maximum Gasteiger partial charge on any atom is 0.195 e. The second kappa shape index (κ2) is 7.76. The van der Waals surface area contributed by atoms with Crippen molar-refractivity contribution >= 4 is 5.96 Å². The van der Waals surface area contributed by atoms with Crippen LogP contribution in [0.25, 0.3) is 0 Å². The van der Waals surface area contributed by atoms with Gasteiger partial charge in [-0.25, -0.2) is 0 Å². The molecule has 1 heterocycles. The van der Waals surface area contributed by atoms with Crippen molar-refractivity contribution in [2.75, 3.05) is 41.3 Å². The Hall–Kier alpha value is -1.49. The van der Waals surface area contributed by atoms with E-state index in [1.807, 2.05) is 50.1 Å². The number of rotatable bonds is 6. The van der Waals surface area contributed by atoms with E-state index < -0.39 is 0 Å². The summed E-state index contributed by atoms with van der Waals surface area (Å²) in [5, 5.41) is 0. The zero-order chi connectivity index (χ0) is 13.4. The SMILES string of the molecule is CN(C)C(=NCCCOCc1ccco1)N(C)C. The zero-order valence-corrected chi connectivity index (χ0v) is 11.7. The van der Waals surface area contributed by atoms with E-state index in [4.69, 9.17) is 9.15 Å². The Bertz CT molecular complexity index is 335. The summed E-state index contributed by atoms with van der Waals surface area (Å²) in [7, 11) is 7.97. The highest BCUT2D eigenvalue weighted by atomic mass is 16.5. The molecule has 0 radical (unpaired) electrons. The summed E-state index contributed by atoms with van der Waals surface area (Å²) in [6, 6.07) is 3.78. The number of furan rings is 1. The first-order valence-electron chi connectivity index (χ1n) is 6.10. The van der Waals surface area contributed by atoms with Crippen molar-refractivity contribution in [2.24, 2.45) is 4.99 Å². The summed E-state index contributed by atoms with van der Waals surface area (Å²) in [6.07, 6.45) is 2.56. The van der Waals surface area contributed by atoms with Crippen LogP contribution >= 0.6 is 0 Å². The molecule has 0 N–H and O–H groups in total. The molecule has 0 bridgehead atoms. The lowest BCUT2D eigenvalue weighted by atomic mass is 10.4. The molecule has 5 nitrogen and oxygen atoms in total. The Morgan fingerprint density at radius 1 is 1.28 bits per heavy atom. The molecule has 0 aliphatic rings. The van der Waals surface area contributed by atoms with Crippen LogP contribution in [0.3, 0.4) is 0 Å². The van der Waals surface area contributed by atoms with Gasteiger partial charge in [-0.1, -0.05) is 0 Å². The molecule has 0 atom stereocenters. The fourth-order valence-electron chi connectivity index (χ4n) is 1.60. The fourth-order valence-corrected chi connectivity index (χ4v) is 1.60. The summed E-state index contributed by atoms with van der Waals surface area (Å²) >= 11 is 0. The third kappa shape index (κ3) is 5.23.